The molecular weight excluding hydrogens is 272 g/mol. The van der Waals surface area contributed by atoms with Gasteiger partial charge in [-0.2, -0.15) is 0 Å². The third-order valence-corrected chi connectivity index (χ3v) is 3.03. The fraction of sp³-hybridized carbons (Fsp3) is 0.455. The maximum Gasteiger partial charge on any atom is 0.408 e. The minimum Gasteiger partial charge on any atom is -0.444 e. The Kier molecular flexibility index (Phi) is 4.60. The van der Waals surface area contributed by atoms with Crippen LogP contribution in [0.5, 0.6) is 0 Å². The van der Waals surface area contributed by atoms with E-state index in [-0.39, 0.29) is 5.00 Å². The van der Waals surface area contributed by atoms with Gasteiger partial charge in [-0.15, -0.1) is 0 Å². The van der Waals surface area contributed by atoms with E-state index in [0.717, 1.165) is 11.3 Å². The molecule has 1 aromatic rings. The molecular formula is C11H14N2O5S. The molecule has 0 aliphatic heterocycles. The fourth-order valence-corrected chi connectivity index (χ4v) is 2.04. The molecule has 0 fully saturated rings. The SMILES string of the molecule is CC(C)(C)OC(=O)NC(C=O)c1ccc([N+](=O)[O-])s1. The molecule has 0 aromatic carbocycles. The minimum absolute atomic E-state index is 0.0900. The van der Waals surface area contributed by atoms with E-state index >= 15 is 0 Å². The van der Waals surface area contributed by atoms with Gasteiger partial charge in [-0.3, -0.25) is 10.1 Å². The summed E-state index contributed by atoms with van der Waals surface area (Å²) in [5, 5.41) is 12.8. The largest absolute Gasteiger partial charge is 0.444 e. The van der Waals surface area contributed by atoms with Crippen molar-refractivity contribution >= 4 is 28.7 Å². The van der Waals surface area contributed by atoms with Crippen molar-refractivity contribution in [3.05, 3.63) is 27.1 Å². The third kappa shape index (κ3) is 4.66. The Bertz CT molecular complexity index is 492. The predicted octanol–water partition coefficient (Wildman–Crippen LogP) is 2.42. The van der Waals surface area contributed by atoms with E-state index in [1.54, 1.807) is 20.8 Å². The number of aldehydes is 1. The van der Waals surface area contributed by atoms with Crippen molar-refractivity contribution in [2.75, 3.05) is 0 Å². The van der Waals surface area contributed by atoms with Gasteiger partial charge in [0.05, 0.1) is 4.92 Å². The molecule has 1 aromatic heterocycles. The van der Waals surface area contributed by atoms with Crippen LogP contribution in [-0.4, -0.2) is 22.9 Å². The number of hydrogen-bond acceptors (Lipinski definition) is 6. The summed E-state index contributed by atoms with van der Waals surface area (Å²) in [5.74, 6) is 0. The fourth-order valence-electron chi connectivity index (χ4n) is 1.21. The van der Waals surface area contributed by atoms with Crippen LogP contribution in [0.15, 0.2) is 12.1 Å². The van der Waals surface area contributed by atoms with Crippen LogP contribution in [0.4, 0.5) is 9.80 Å². The van der Waals surface area contributed by atoms with E-state index in [9.17, 15) is 19.7 Å². The van der Waals surface area contributed by atoms with Gasteiger partial charge in [-0.25, -0.2) is 4.79 Å². The summed E-state index contributed by atoms with van der Waals surface area (Å²) >= 11 is 0.833. The highest BCUT2D eigenvalue weighted by atomic mass is 32.1. The molecule has 1 heterocycles. The van der Waals surface area contributed by atoms with Crippen LogP contribution in [0.2, 0.25) is 0 Å². The standard InChI is InChI=1S/C11H14N2O5S/c1-11(2,3)18-10(15)12-7(6-14)8-4-5-9(19-8)13(16)17/h4-7H,1-3H3,(H,12,15). The van der Waals surface area contributed by atoms with Crippen LogP contribution in [0.1, 0.15) is 31.7 Å². The molecule has 0 spiro atoms. The van der Waals surface area contributed by atoms with Crippen molar-refractivity contribution in [3.8, 4) is 0 Å². The average molecular weight is 286 g/mol. The number of hydrogen-bond donors (Lipinski definition) is 1. The summed E-state index contributed by atoms with van der Waals surface area (Å²) < 4.78 is 5.01. The van der Waals surface area contributed by atoms with Gasteiger partial charge in [-0.05, 0) is 26.8 Å². The first-order valence-corrected chi connectivity index (χ1v) is 6.23. The van der Waals surface area contributed by atoms with Crippen molar-refractivity contribution in [3.63, 3.8) is 0 Å². The van der Waals surface area contributed by atoms with Crippen LogP contribution in [0, 0.1) is 10.1 Å². The van der Waals surface area contributed by atoms with Gasteiger partial charge < -0.3 is 14.8 Å². The Morgan fingerprint density at radius 2 is 2.16 bits per heavy atom. The van der Waals surface area contributed by atoms with Gasteiger partial charge in [-0.1, -0.05) is 11.3 Å². The van der Waals surface area contributed by atoms with Crippen LogP contribution in [-0.2, 0) is 9.53 Å². The Balaban J connectivity index is 2.75. The summed E-state index contributed by atoms with van der Waals surface area (Å²) in [7, 11) is 0. The molecule has 1 N–H and O–H groups in total. The second-order valence-electron chi connectivity index (χ2n) is 4.69. The normalized spacial score (nSPS) is 12.6. The maximum absolute atomic E-state index is 11.5. The lowest BCUT2D eigenvalue weighted by Crippen LogP contribution is -2.35. The van der Waals surface area contributed by atoms with Gasteiger partial charge in [0.1, 0.15) is 17.9 Å². The van der Waals surface area contributed by atoms with Gasteiger partial charge in [0.25, 0.3) is 0 Å². The van der Waals surface area contributed by atoms with E-state index in [1.165, 1.54) is 12.1 Å². The number of ether oxygens (including phenoxy) is 1. The van der Waals surface area contributed by atoms with Gasteiger partial charge in [0.2, 0.25) is 0 Å². The molecule has 0 aliphatic rings. The molecule has 0 saturated carbocycles. The average Bonchev–Trinajstić information content (AvgIpc) is 2.72. The van der Waals surface area contributed by atoms with E-state index < -0.39 is 22.7 Å². The maximum atomic E-state index is 11.5. The predicted molar refractivity (Wildman–Crippen MR) is 69.1 cm³/mol. The lowest BCUT2D eigenvalue weighted by molar-refractivity contribution is -0.380. The number of nitrogens with zero attached hydrogens (tertiary/aromatic N) is 1. The molecule has 8 heteroatoms. The first-order chi connectivity index (χ1) is 8.73. The Morgan fingerprint density at radius 1 is 1.53 bits per heavy atom. The summed E-state index contributed by atoms with van der Waals surface area (Å²) in [4.78, 5) is 32.9. The number of alkyl carbamates (subject to hydrolysis) is 1. The highest BCUT2D eigenvalue weighted by Gasteiger charge is 2.22. The third-order valence-electron chi connectivity index (χ3n) is 1.91. The van der Waals surface area contributed by atoms with Crippen LogP contribution in [0.25, 0.3) is 0 Å². The van der Waals surface area contributed by atoms with E-state index in [0.29, 0.717) is 11.2 Å². The van der Waals surface area contributed by atoms with Crippen molar-refractivity contribution in [2.24, 2.45) is 0 Å². The molecule has 0 aliphatic carbocycles. The zero-order chi connectivity index (χ0) is 14.6. The molecule has 0 bridgehead atoms. The molecule has 1 unspecified atom stereocenters. The lowest BCUT2D eigenvalue weighted by atomic mass is 10.2. The van der Waals surface area contributed by atoms with E-state index in [1.807, 2.05) is 0 Å². The quantitative estimate of drug-likeness (QED) is 0.520. The number of nitrogens with one attached hydrogen (secondary N) is 1. The first kappa shape index (κ1) is 15.1. The molecule has 1 rings (SSSR count). The topological polar surface area (TPSA) is 98.5 Å². The number of carbonyl (C=O) groups excluding carboxylic acids is 2. The van der Waals surface area contributed by atoms with E-state index in [2.05, 4.69) is 5.32 Å². The molecule has 1 amide bonds. The lowest BCUT2D eigenvalue weighted by Gasteiger charge is -2.21. The summed E-state index contributed by atoms with van der Waals surface area (Å²) in [6.45, 7) is 5.08. The van der Waals surface area contributed by atoms with Crippen molar-refractivity contribution in [1.82, 2.24) is 5.32 Å². The second kappa shape index (κ2) is 5.79. The van der Waals surface area contributed by atoms with Crippen molar-refractivity contribution in [2.45, 2.75) is 32.4 Å². The monoisotopic (exact) mass is 286 g/mol. The van der Waals surface area contributed by atoms with Crippen LogP contribution in [0.3, 0.4) is 0 Å². The van der Waals surface area contributed by atoms with Gasteiger partial charge in [0.15, 0.2) is 0 Å². The van der Waals surface area contributed by atoms with Crippen molar-refractivity contribution < 1.29 is 19.2 Å². The molecule has 0 radical (unpaired) electrons. The first-order valence-electron chi connectivity index (χ1n) is 5.42. The smallest absolute Gasteiger partial charge is 0.408 e. The molecule has 7 nitrogen and oxygen atoms in total. The summed E-state index contributed by atoms with van der Waals surface area (Å²) in [6, 6.07) is 1.76. The molecule has 0 saturated heterocycles. The number of thiophene rings is 1. The minimum atomic E-state index is -0.950. The second-order valence-corrected chi connectivity index (χ2v) is 5.79. The van der Waals surface area contributed by atoms with Crippen LogP contribution >= 0.6 is 11.3 Å². The zero-order valence-corrected chi connectivity index (χ0v) is 11.5. The van der Waals surface area contributed by atoms with E-state index in [4.69, 9.17) is 4.74 Å². The Hall–Kier alpha value is -1.96. The van der Waals surface area contributed by atoms with Gasteiger partial charge in [0, 0.05) is 10.9 Å². The molecule has 19 heavy (non-hydrogen) atoms. The molecule has 104 valence electrons. The molecule has 1 atom stereocenters. The van der Waals surface area contributed by atoms with Crippen molar-refractivity contribution in [1.29, 1.82) is 0 Å². The summed E-state index contributed by atoms with van der Waals surface area (Å²) in [6.07, 6.45) is -0.250. The Labute approximate surface area is 113 Å². The van der Waals surface area contributed by atoms with Crippen LogP contribution < -0.4 is 5.32 Å². The highest BCUT2D eigenvalue weighted by Crippen LogP contribution is 2.28. The summed E-state index contributed by atoms with van der Waals surface area (Å²) in [5.41, 5.74) is -0.682. The Morgan fingerprint density at radius 3 is 2.58 bits per heavy atom. The number of rotatable bonds is 4. The number of amides is 1. The number of nitro groups is 1. The zero-order valence-electron chi connectivity index (χ0n) is 10.7. The van der Waals surface area contributed by atoms with Gasteiger partial charge >= 0.3 is 11.1 Å². The number of carbonyl (C=O) groups is 2. The highest BCUT2D eigenvalue weighted by molar-refractivity contribution is 7.15.